The molecule has 1 aliphatic rings. The molecule has 27 heavy (non-hydrogen) atoms. The molecule has 1 aliphatic heterocycles. The molecule has 7 nitrogen and oxygen atoms in total. The van der Waals surface area contributed by atoms with E-state index in [1.807, 2.05) is 30.3 Å². The summed E-state index contributed by atoms with van der Waals surface area (Å²) >= 11 is 1.42. The second-order valence-electron chi connectivity index (χ2n) is 6.25. The Morgan fingerprint density at radius 2 is 2.11 bits per heavy atom. The summed E-state index contributed by atoms with van der Waals surface area (Å²) in [5, 5.41) is 12.1. The summed E-state index contributed by atoms with van der Waals surface area (Å²) in [4.78, 5) is 24.4. The highest BCUT2D eigenvalue weighted by molar-refractivity contribution is 7.14. The van der Waals surface area contributed by atoms with Crippen LogP contribution in [0.2, 0.25) is 0 Å². The van der Waals surface area contributed by atoms with Crippen LogP contribution in [0.15, 0.2) is 48.7 Å². The lowest BCUT2D eigenvalue weighted by atomic mass is 10.1. The first kappa shape index (κ1) is 17.4. The topological polar surface area (TPSA) is 90.4 Å². The molecule has 4 rings (SSSR count). The monoisotopic (exact) mass is 381 g/mol. The Morgan fingerprint density at radius 3 is 2.93 bits per heavy atom. The first-order chi connectivity index (χ1) is 13.2. The third-order valence-electron chi connectivity index (χ3n) is 4.43. The van der Waals surface area contributed by atoms with Crippen LogP contribution in [0, 0.1) is 0 Å². The molecule has 0 saturated carbocycles. The van der Waals surface area contributed by atoms with Gasteiger partial charge in [-0.3, -0.25) is 10.0 Å². The van der Waals surface area contributed by atoms with E-state index in [9.17, 15) is 4.79 Å². The van der Waals surface area contributed by atoms with Crippen LogP contribution in [0.5, 0.6) is 0 Å². The lowest BCUT2D eigenvalue weighted by Gasteiger charge is -2.27. The van der Waals surface area contributed by atoms with Gasteiger partial charge >= 0.3 is 0 Å². The highest BCUT2D eigenvalue weighted by Crippen LogP contribution is 2.29. The molecule has 8 heteroatoms. The fraction of sp³-hybridized carbons (Fsp3) is 0.211. The Labute approximate surface area is 160 Å². The van der Waals surface area contributed by atoms with E-state index in [0.29, 0.717) is 23.9 Å². The molecule has 3 N–H and O–H groups in total. The van der Waals surface area contributed by atoms with Gasteiger partial charge in [-0.1, -0.05) is 30.3 Å². The standard InChI is InChI=1S/C19H19N5O2S/c25-18(23-26)16-10-14-12-24(9-7-15(14)27-16)19-20-8-6-17(22-19)21-11-13-4-2-1-3-5-13/h1-6,8,10,26H,7,9,11-12H2,(H,23,25)(H,20,21,22). The van der Waals surface area contributed by atoms with E-state index in [-0.39, 0.29) is 0 Å². The van der Waals surface area contributed by atoms with Crippen molar-refractivity contribution in [1.82, 2.24) is 15.4 Å². The van der Waals surface area contributed by atoms with Gasteiger partial charge in [0, 0.05) is 30.7 Å². The molecule has 0 radical (unpaired) electrons. The predicted molar refractivity (Wildman–Crippen MR) is 104 cm³/mol. The van der Waals surface area contributed by atoms with E-state index in [2.05, 4.69) is 32.3 Å². The number of nitrogens with zero attached hydrogens (tertiary/aromatic N) is 3. The fourth-order valence-electron chi connectivity index (χ4n) is 3.06. The maximum atomic E-state index is 11.6. The number of hydrogen-bond acceptors (Lipinski definition) is 7. The van der Waals surface area contributed by atoms with E-state index in [1.54, 1.807) is 11.7 Å². The fourth-order valence-corrected chi connectivity index (χ4v) is 4.11. The van der Waals surface area contributed by atoms with Crippen LogP contribution in [0.4, 0.5) is 11.8 Å². The van der Waals surface area contributed by atoms with Gasteiger partial charge in [0.05, 0.1) is 4.88 Å². The number of carbonyl (C=O) groups is 1. The number of fused-ring (bicyclic) bond motifs is 1. The number of aromatic nitrogens is 2. The van der Waals surface area contributed by atoms with Crippen molar-refractivity contribution in [2.24, 2.45) is 0 Å². The van der Waals surface area contributed by atoms with Crippen molar-refractivity contribution in [3.63, 3.8) is 0 Å². The van der Waals surface area contributed by atoms with Crippen molar-refractivity contribution >= 4 is 29.0 Å². The molecule has 0 saturated heterocycles. The average molecular weight is 381 g/mol. The normalized spacial score (nSPS) is 13.1. The molecule has 1 amide bonds. The minimum absolute atomic E-state index is 0.468. The highest BCUT2D eigenvalue weighted by atomic mass is 32.1. The molecule has 1 aromatic carbocycles. The molecule has 0 unspecified atom stereocenters. The third-order valence-corrected chi connectivity index (χ3v) is 5.67. The van der Waals surface area contributed by atoms with Crippen molar-refractivity contribution in [3.05, 3.63) is 69.5 Å². The van der Waals surface area contributed by atoms with Gasteiger partial charge in [-0.05, 0) is 29.7 Å². The van der Waals surface area contributed by atoms with Crippen molar-refractivity contribution in [1.29, 1.82) is 0 Å². The van der Waals surface area contributed by atoms with E-state index < -0.39 is 5.91 Å². The molecule has 0 fully saturated rings. The molecule has 138 valence electrons. The number of hydrogen-bond donors (Lipinski definition) is 3. The van der Waals surface area contributed by atoms with Gasteiger partial charge in [-0.15, -0.1) is 11.3 Å². The lowest BCUT2D eigenvalue weighted by Crippen LogP contribution is -2.31. The zero-order chi connectivity index (χ0) is 18.6. The molecular formula is C19H19N5O2S. The summed E-state index contributed by atoms with van der Waals surface area (Å²) in [6, 6.07) is 13.8. The maximum absolute atomic E-state index is 11.6. The molecule has 0 spiro atoms. The molecular weight excluding hydrogens is 362 g/mol. The van der Waals surface area contributed by atoms with Gasteiger partial charge in [0.1, 0.15) is 5.82 Å². The lowest BCUT2D eigenvalue weighted by molar-refractivity contribution is 0.0711. The Morgan fingerprint density at radius 1 is 1.26 bits per heavy atom. The summed E-state index contributed by atoms with van der Waals surface area (Å²) in [7, 11) is 0. The molecule has 0 atom stereocenters. The molecule has 3 aromatic rings. The van der Waals surface area contributed by atoms with Crippen molar-refractivity contribution < 1.29 is 10.0 Å². The number of benzene rings is 1. The van der Waals surface area contributed by atoms with Crippen molar-refractivity contribution in [3.8, 4) is 0 Å². The van der Waals surface area contributed by atoms with Gasteiger partial charge in [-0.2, -0.15) is 4.98 Å². The van der Waals surface area contributed by atoms with Crippen LogP contribution in [0.3, 0.4) is 0 Å². The van der Waals surface area contributed by atoms with Crippen LogP contribution in [-0.2, 0) is 19.5 Å². The Balaban J connectivity index is 1.46. The second kappa shape index (κ2) is 7.73. The summed E-state index contributed by atoms with van der Waals surface area (Å²) in [6.07, 6.45) is 2.58. The number of anilines is 2. The van der Waals surface area contributed by atoms with Gasteiger partial charge in [0.2, 0.25) is 5.95 Å². The maximum Gasteiger partial charge on any atom is 0.284 e. The number of thiophene rings is 1. The van der Waals surface area contributed by atoms with Crippen LogP contribution >= 0.6 is 11.3 Å². The van der Waals surface area contributed by atoms with E-state index >= 15 is 0 Å². The number of amides is 1. The van der Waals surface area contributed by atoms with Crippen LogP contribution in [0.1, 0.15) is 25.7 Å². The van der Waals surface area contributed by atoms with Crippen molar-refractivity contribution in [2.45, 2.75) is 19.5 Å². The van der Waals surface area contributed by atoms with Gasteiger partial charge in [-0.25, -0.2) is 10.5 Å². The van der Waals surface area contributed by atoms with E-state index in [1.165, 1.54) is 21.8 Å². The zero-order valence-electron chi connectivity index (χ0n) is 14.6. The summed E-state index contributed by atoms with van der Waals surface area (Å²) in [5.41, 5.74) is 3.96. The first-order valence-corrected chi connectivity index (χ1v) is 9.46. The zero-order valence-corrected chi connectivity index (χ0v) is 15.4. The first-order valence-electron chi connectivity index (χ1n) is 8.65. The number of nitrogens with one attached hydrogen (secondary N) is 2. The summed E-state index contributed by atoms with van der Waals surface area (Å²) in [5.74, 6) is 0.975. The van der Waals surface area contributed by atoms with Gasteiger partial charge < -0.3 is 10.2 Å². The number of hydroxylamine groups is 1. The smallest absolute Gasteiger partial charge is 0.284 e. The minimum Gasteiger partial charge on any atom is -0.366 e. The second-order valence-corrected chi connectivity index (χ2v) is 7.39. The molecule has 0 bridgehead atoms. The summed E-state index contributed by atoms with van der Waals surface area (Å²) in [6.45, 7) is 2.13. The molecule has 2 aromatic heterocycles. The highest BCUT2D eigenvalue weighted by Gasteiger charge is 2.23. The minimum atomic E-state index is -0.468. The van der Waals surface area contributed by atoms with Crippen molar-refractivity contribution in [2.75, 3.05) is 16.8 Å². The Hall–Kier alpha value is -2.97. The summed E-state index contributed by atoms with van der Waals surface area (Å²) < 4.78 is 0. The third kappa shape index (κ3) is 3.91. The quantitative estimate of drug-likeness (QED) is 0.465. The van der Waals surface area contributed by atoms with Gasteiger partial charge in [0.25, 0.3) is 5.91 Å². The molecule has 0 aliphatic carbocycles. The largest absolute Gasteiger partial charge is 0.366 e. The average Bonchev–Trinajstić information content (AvgIpc) is 3.16. The van der Waals surface area contributed by atoms with Crippen LogP contribution in [-0.4, -0.2) is 27.6 Å². The van der Waals surface area contributed by atoms with Gasteiger partial charge in [0.15, 0.2) is 0 Å². The predicted octanol–water partition coefficient (Wildman–Crippen LogP) is 2.83. The Kier molecular flexibility index (Phi) is 4.99. The van der Waals surface area contributed by atoms with Crippen LogP contribution in [0.25, 0.3) is 0 Å². The molecule has 3 heterocycles. The Bertz CT molecular complexity index is 944. The SMILES string of the molecule is O=C(NO)c1cc2c(s1)CCN(c1nccc(NCc3ccccc3)n1)C2. The number of carbonyl (C=O) groups excluding carboxylic acids is 1. The van der Waals surface area contributed by atoms with Crippen LogP contribution < -0.4 is 15.7 Å². The van der Waals surface area contributed by atoms with E-state index in [4.69, 9.17) is 5.21 Å². The number of rotatable bonds is 5. The van der Waals surface area contributed by atoms with E-state index in [0.717, 1.165) is 24.3 Å².